The van der Waals surface area contributed by atoms with Gasteiger partial charge < -0.3 is 15.1 Å². The van der Waals surface area contributed by atoms with Crippen molar-refractivity contribution >= 4 is 39.4 Å². The molecule has 8 nitrogen and oxygen atoms in total. The molecule has 176 valence electrons. The quantitative estimate of drug-likeness (QED) is 0.390. The Labute approximate surface area is 199 Å². The Morgan fingerprint density at radius 3 is 2.50 bits per heavy atom. The van der Waals surface area contributed by atoms with Gasteiger partial charge in [-0.05, 0) is 30.3 Å². The van der Waals surface area contributed by atoms with E-state index in [1.165, 1.54) is 24.3 Å². The van der Waals surface area contributed by atoms with Gasteiger partial charge >= 0.3 is 12.1 Å². The van der Waals surface area contributed by atoms with Crippen molar-refractivity contribution in [2.75, 3.05) is 16.9 Å². The number of aromatic amines is 1. The van der Waals surface area contributed by atoms with Gasteiger partial charge in [-0.3, -0.25) is 14.6 Å². The van der Waals surface area contributed by atoms with Crippen LogP contribution in [0.15, 0.2) is 48.7 Å². The molecule has 1 aromatic carbocycles. The molecule has 0 unspecified atom stereocenters. The minimum atomic E-state index is -5.26. The number of hydrogen-bond acceptors (Lipinski definition) is 5. The van der Waals surface area contributed by atoms with Crippen molar-refractivity contribution in [3.63, 3.8) is 0 Å². The van der Waals surface area contributed by atoms with Crippen LogP contribution in [0.1, 0.15) is 16.1 Å². The third kappa shape index (κ3) is 4.81. The fraction of sp³-hybridized carbons (Fsp3) is 0.182. The van der Waals surface area contributed by atoms with Gasteiger partial charge in [0.15, 0.2) is 0 Å². The lowest BCUT2D eigenvalue weighted by molar-refractivity contribution is -0.201. The van der Waals surface area contributed by atoms with Crippen molar-refractivity contribution in [3.8, 4) is 22.5 Å². The average molecular weight is 537 g/mol. The minimum Gasteiger partial charge on any atom is -0.358 e. The highest BCUT2D eigenvalue weighted by Gasteiger charge is 2.43. The molecule has 0 radical (unpaired) electrons. The maximum Gasteiger partial charge on any atom is 0.493 e. The van der Waals surface area contributed by atoms with Gasteiger partial charge in [0, 0.05) is 41.7 Å². The number of carbonyl (C=O) groups excluding carboxylic acids is 3. The minimum absolute atomic E-state index is 0.0648. The summed E-state index contributed by atoms with van der Waals surface area (Å²) in [5, 5.41) is 2.72. The number of alkyl halides is 4. The number of nitrogens with one attached hydrogen (secondary N) is 2. The molecule has 0 bridgehead atoms. The average Bonchev–Trinajstić information content (AvgIpc) is 3.27. The van der Waals surface area contributed by atoms with Crippen LogP contribution in [0.2, 0.25) is 0 Å². The number of halogens is 4. The fourth-order valence-corrected chi connectivity index (χ4v) is 3.64. The van der Waals surface area contributed by atoms with Crippen LogP contribution >= 0.6 is 15.9 Å². The summed E-state index contributed by atoms with van der Waals surface area (Å²) in [4.78, 5) is 47.1. The second-order valence-corrected chi connectivity index (χ2v) is 7.82. The molecule has 2 aromatic heterocycles. The number of aromatic nitrogens is 2. The molecule has 3 aromatic rings. The highest BCUT2D eigenvalue weighted by atomic mass is 79.9. The number of carbonyl (C=O) groups is 3. The smallest absolute Gasteiger partial charge is 0.358 e. The van der Waals surface area contributed by atoms with Gasteiger partial charge in [0.05, 0.1) is 22.3 Å². The number of pyridine rings is 1. The summed E-state index contributed by atoms with van der Waals surface area (Å²) in [6.45, 7) is 0.562. The van der Waals surface area contributed by atoms with E-state index in [9.17, 15) is 27.6 Å². The topological polar surface area (TPSA) is 104 Å². The number of benzene rings is 1. The number of amides is 2. The molecule has 0 fully saturated rings. The Hall–Kier alpha value is -3.67. The number of anilines is 1. The first-order valence-corrected chi connectivity index (χ1v) is 11.0. The number of fused-ring (bicyclic) bond motifs is 1. The number of H-pyrrole nitrogens is 1. The number of rotatable bonds is 4. The van der Waals surface area contributed by atoms with E-state index >= 15 is 0 Å². The van der Waals surface area contributed by atoms with Crippen LogP contribution in [0.25, 0.3) is 22.5 Å². The van der Waals surface area contributed by atoms with Crippen LogP contribution in [0.4, 0.5) is 18.9 Å². The van der Waals surface area contributed by atoms with Crippen LogP contribution in [-0.4, -0.2) is 45.8 Å². The van der Waals surface area contributed by atoms with Crippen LogP contribution < -0.4 is 10.4 Å². The van der Waals surface area contributed by atoms with E-state index in [0.717, 1.165) is 17.0 Å². The highest BCUT2D eigenvalue weighted by molar-refractivity contribution is 9.09. The SMILES string of the molecule is O=C1NCCc2[nH]c(-c3ccnc(-c4ccc(N(OC(=O)C(F)(F)F)C(=O)CBr)cc4)c3)cc21. The molecular formula is C22H16BrF3N4O4. The van der Waals surface area contributed by atoms with E-state index in [4.69, 9.17) is 0 Å². The van der Waals surface area contributed by atoms with Crippen molar-refractivity contribution in [2.24, 2.45) is 0 Å². The van der Waals surface area contributed by atoms with Gasteiger partial charge in [-0.1, -0.05) is 28.1 Å². The number of nitrogens with zero attached hydrogens (tertiary/aromatic N) is 2. The van der Waals surface area contributed by atoms with Crippen molar-refractivity contribution in [1.29, 1.82) is 0 Å². The van der Waals surface area contributed by atoms with E-state index < -0.39 is 18.1 Å². The van der Waals surface area contributed by atoms with Gasteiger partial charge in [0.2, 0.25) is 0 Å². The van der Waals surface area contributed by atoms with Gasteiger partial charge in [-0.15, -0.1) is 5.06 Å². The summed E-state index contributed by atoms with van der Waals surface area (Å²) < 4.78 is 37.8. The van der Waals surface area contributed by atoms with E-state index in [2.05, 4.69) is 36.1 Å². The van der Waals surface area contributed by atoms with Gasteiger partial charge in [-0.2, -0.15) is 13.2 Å². The molecule has 2 amide bonds. The Morgan fingerprint density at radius 1 is 1.12 bits per heavy atom. The first-order chi connectivity index (χ1) is 16.2. The molecule has 1 aliphatic heterocycles. The van der Waals surface area contributed by atoms with Crippen molar-refractivity contribution in [2.45, 2.75) is 12.6 Å². The second-order valence-electron chi connectivity index (χ2n) is 7.26. The maximum atomic E-state index is 12.6. The van der Waals surface area contributed by atoms with Gasteiger partial charge in [-0.25, -0.2) is 4.79 Å². The monoisotopic (exact) mass is 536 g/mol. The molecular weight excluding hydrogens is 521 g/mol. The Morgan fingerprint density at radius 2 is 1.85 bits per heavy atom. The third-order valence-electron chi connectivity index (χ3n) is 5.02. The lowest BCUT2D eigenvalue weighted by Crippen LogP contribution is -2.39. The van der Waals surface area contributed by atoms with Gasteiger partial charge in [0.25, 0.3) is 11.8 Å². The summed E-state index contributed by atoms with van der Waals surface area (Å²) >= 11 is 2.86. The first kappa shape index (κ1) is 23.5. The van der Waals surface area contributed by atoms with Crippen molar-refractivity contribution in [3.05, 3.63) is 59.9 Å². The summed E-state index contributed by atoms with van der Waals surface area (Å²) in [7, 11) is 0. The molecule has 0 atom stereocenters. The van der Waals surface area contributed by atoms with E-state index in [1.54, 1.807) is 24.4 Å². The summed E-state index contributed by atoms with van der Waals surface area (Å²) in [5.74, 6) is -3.55. The van der Waals surface area contributed by atoms with Crippen LogP contribution in [0, 0.1) is 0 Å². The van der Waals surface area contributed by atoms with Gasteiger partial charge in [0.1, 0.15) is 0 Å². The first-order valence-electron chi connectivity index (χ1n) is 9.92. The lowest BCUT2D eigenvalue weighted by atomic mass is 10.1. The predicted molar refractivity (Wildman–Crippen MR) is 119 cm³/mol. The van der Waals surface area contributed by atoms with E-state index in [1.807, 2.05) is 0 Å². The third-order valence-corrected chi connectivity index (χ3v) is 5.50. The number of hydrogen-bond donors (Lipinski definition) is 2. The second kappa shape index (κ2) is 9.29. The summed E-state index contributed by atoms with van der Waals surface area (Å²) in [5.41, 5.74) is 4.06. The van der Waals surface area contributed by atoms with Crippen LogP contribution in [-0.2, 0) is 20.8 Å². The van der Waals surface area contributed by atoms with Crippen LogP contribution in [0.5, 0.6) is 0 Å². The van der Waals surface area contributed by atoms with Crippen molar-refractivity contribution < 1.29 is 32.4 Å². The summed E-state index contributed by atoms with van der Waals surface area (Å²) in [6, 6.07) is 11.1. The molecule has 12 heteroatoms. The Balaban J connectivity index is 1.60. The Bertz CT molecular complexity index is 1260. The summed E-state index contributed by atoms with van der Waals surface area (Å²) in [6.07, 6.45) is -2.97. The molecule has 0 aliphatic carbocycles. The zero-order chi connectivity index (χ0) is 24.5. The molecule has 0 saturated heterocycles. The molecule has 1 aliphatic rings. The molecule has 4 rings (SSSR count). The number of hydroxylamine groups is 1. The van der Waals surface area contributed by atoms with Crippen LogP contribution in [0.3, 0.4) is 0 Å². The zero-order valence-electron chi connectivity index (χ0n) is 17.3. The lowest BCUT2D eigenvalue weighted by Gasteiger charge is -2.21. The molecule has 2 N–H and O–H groups in total. The highest BCUT2D eigenvalue weighted by Crippen LogP contribution is 2.29. The largest absolute Gasteiger partial charge is 0.493 e. The molecule has 34 heavy (non-hydrogen) atoms. The normalized spacial score (nSPS) is 13.1. The van der Waals surface area contributed by atoms with E-state index in [0.29, 0.717) is 29.8 Å². The zero-order valence-corrected chi connectivity index (χ0v) is 18.9. The molecule has 0 spiro atoms. The Kier molecular flexibility index (Phi) is 6.42. The fourth-order valence-electron chi connectivity index (χ4n) is 3.41. The maximum absolute atomic E-state index is 12.6. The molecule has 3 heterocycles. The molecule has 0 saturated carbocycles. The van der Waals surface area contributed by atoms with E-state index in [-0.39, 0.29) is 22.0 Å². The standard InChI is InChI=1S/C22H16BrF3N4O4/c23-11-19(31)30(34-21(33)22(24,25)26)14-3-1-12(2-4-14)17-9-13(5-7-27-17)18-10-15-16(29-18)6-8-28-20(15)32/h1-5,7,9-10,29H,6,8,11H2,(H,28,32). The predicted octanol–water partition coefficient (Wildman–Crippen LogP) is 3.78. The van der Waals surface area contributed by atoms with Crippen molar-refractivity contribution in [1.82, 2.24) is 15.3 Å².